The quantitative estimate of drug-likeness (QED) is 0.187. The normalized spacial score (nSPS) is 11.5. The van der Waals surface area contributed by atoms with Crippen LogP contribution in [0.4, 0.5) is 17.1 Å². The molecule has 0 bridgehead atoms. The number of para-hydroxylation sites is 1. The van der Waals surface area contributed by atoms with Crippen LogP contribution in [0.5, 0.6) is 0 Å². The van der Waals surface area contributed by atoms with Crippen molar-refractivity contribution in [3.05, 3.63) is 188 Å². The van der Waals surface area contributed by atoms with E-state index in [2.05, 4.69) is 198 Å². The zero-order chi connectivity index (χ0) is 33.7. The molecule has 0 aliphatic heterocycles. The highest BCUT2D eigenvalue weighted by atomic mass is 32.1. The fourth-order valence-electron chi connectivity index (χ4n) is 7.59. The summed E-state index contributed by atoms with van der Waals surface area (Å²) in [6, 6.07) is 68.1. The molecule has 0 aliphatic carbocycles. The molecule has 8 aromatic carbocycles. The third kappa shape index (κ3) is 5.10. The van der Waals surface area contributed by atoms with Gasteiger partial charge < -0.3 is 9.88 Å². The number of aromatic nitrogens is 1. The van der Waals surface area contributed by atoms with Gasteiger partial charge in [-0.3, -0.25) is 0 Å². The van der Waals surface area contributed by atoms with Crippen LogP contribution in [0, 0.1) is 0 Å². The van der Waals surface area contributed by atoms with E-state index in [1.165, 1.54) is 64.3 Å². The molecule has 51 heavy (non-hydrogen) atoms. The predicted molar refractivity (Wildman–Crippen MR) is 220 cm³/mol. The number of hydrogen-bond acceptors (Lipinski definition) is 2. The van der Waals surface area contributed by atoms with Crippen molar-refractivity contribution in [2.24, 2.45) is 0 Å². The Kier molecular flexibility index (Phi) is 7.04. The maximum atomic E-state index is 3.83. The van der Waals surface area contributed by atoms with Crippen LogP contribution in [0.25, 0.3) is 75.4 Å². The van der Waals surface area contributed by atoms with Gasteiger partial charge in [-0.15, -0.1) is 11.3 Å². The van der Waals surface area contributed by atoms with Crippen LogP contribution in [0.3, 0.4) is 0 Å². The van der Waals surface area contributed by atoms with Crippen LogP contribution >= 0.6 is 11.3 Å². The number of aromatic amines is 1. The van der Waals surface area contributed by atoms with Crippen LogP contribution in [-0.2, 0) is 0 Å². The van der Waals surface area contributed by atoms with E-state index in [0.29, 0.717) is 0 Å². The molecule has 0 spiro atoms. The van der Waals surface area contributed by atoms with Crippen LogP contribution in [0.1, 0.15) is 0 Å². The summed E-state index contributed by atoms with van der Waals surface area (Å²) < 4.78 is 2.61. The smallest absolute Gasteiger partial charge is 0.0546 e. The third-order valence-electron chi connectivity index (χ3n) is 10.0. The van der Waals surface area contributed by atoms with E-state index in [1.54, 1.807) is 0 Å². The second-order valence-corrected chi connectivity index (χ2v) is 14.1. The Labute approximate surface area is 300 Å². The average molecular weight is 669 g/mol. The summed E-state index contributed by atoms with van der Waals surface area (Å²) in [5.74, 6) is 0. The lowest BCUT2D eigenvalue weighted by atomic mass is 9.96. The molecule has 0 saturated heterocycles. The van der Waals surface area contributed by atoms with Crippen molar-refractivity contribution in [2.75, 3.05) is 4.90 Å². The number of nitrogens with one attached hydrogen (secondary N) is 1. The molecule has 3 heteroatoms. The minimum absolute atomic E-state index is 1.10. The van der Waals surface area contributed by atoms with Crippen molar-refractivity contribution in [3.63, 3.8) is 0 Å². The summed E-state index contributed by atoms with van der Waals surface area (Å²) in [5.41, 5.74) is 12.9. The molecular weight excluding hydrogens is 637 g/mol. The lowest BCUT2D eigenvalue weighted by molar-refractivity contribution is 1.29. The molecule has 0 unspecified atom stereocenters. The number of hydrogen-bond donors (Lipinski definition) is 1. The van der Waals surface area contributed by atoms with Crippen molar-refractivity contribution in [3.8, 4) is 33.4 Å². The Bertz CT molecular complexity index is 2750. The standard InChI is InChI=1S/C48H32N2S/c1-3-12-32(13-4-1)34-22-26-36(27-23-34)50(37-28-24-35(25-29-37)33-14-5-2-6-15-33)38-30-42-39-16-7-9-19-44(39)49-48(42)43(31-38)40-18-11-21-46-47(40)41-17-8-10-20-45(41)51-46/h1-31,49H. The largest absolute Gasteiger partial charge is 0.354 e. The average Bonchev–Trinajstić information content (AvgIpc) is 3.78. The highest BCUT2D eigenvalue weighted by molar-refractivity contribution is 7.25. The van der Waals surface area contributed by atoms with Gasteiger partial charge in [0.05, 0.1) is 5.52 Å². The molecule has 0 saturated carbocycles. The van der Waals surface area contributed by atoms with Crippen LogP contribution in [-0.4, -0.2) is 4.98 Å². The van der Waals surface area contributed by atoms with E-state index < -0.39 is 0 Å². The third-order valence-corrected chi connectivity index (χ3v) is 11.2. The summed E-state index contributed by atoms with van der Waals surface area (Å²) >= 11 is 1.86. The molecule has 0 amide bonds. The zero-order valence-corrected chi connectivity index (χ0v) is 28.6. The maximum Gasteiger partial charge on any atom is 0.0546 e. The van der Waals surface area contributed by atoms with Gasteiger partial charge in [0.2, 0.25) is 0 Å². The van der Waals surface area contributed by atoms with Gasteiger partial charge in [-0.2, -0.15) is 0 Å². The first-order valence-corrected chi connectivity index (χ1v) is 18.2. The van der Waals surface area contributed by atoms with Crippen LogP contribution < -0.4 is 4.90 Å². The molecule has 0 aliphatic rings. The number of fused-ring (bicyclic) bond motifs is 6. The molecule has 10 aromatic rings. The molecule has 0 atom stereocenters. The monoisotopic (exact) mass is 668 g/mol. The van der Waals surface area contributed by atoms with Gasteiger partial charge in [-0.1, -0.05) is 133 Å². The predicted octanol–water partition coefficient (Wildman–Crippen LogP) is 14.2. The fraction of sp³-hybridized carbons (Fsp3) is 0. The summed E-state index contributed by atoms with van der Waals surface area (Å²) in [4.78, 5) is 6.23. The van der Waals surface area contributed by atoms with Gasteiger partial charge in [-0.05, 0) is 82.4 Å². The van der Waals surface area contributed by atoms with E-state index in [4.69, 9.17) is 0 Å². The molecule has 240 valence electrons. The molecule has 2 aromatic heterocycles. The van der Waals surface area contributed by atoms with Gasteiger partial charge in [0, 0.05) is 59.1 Å². The first-order chi connectivity index (χ1) is 25.3. The molecular formula is C48H32N2S. The molecule has 1 N–H and O–H groups in total. The highest BCUT2D eigenvalue weighted by Crippen LogP contribution is 2.46. The van der Waals surface area contributed by atoms with Gasteiger partial charge >= 0.3 is 0 Å². The topological polar surface area (TPSA) is 19.0 Å². The number of H-pyrrole nitrogens is 1. The zero-order valence-electron chi connectivity index (χ0n) is 27.8. The van der Waals surface area contributed by atoms with Crippen LogP contribution in [0.15, 0.2) is 188 Å². The summed E-state index contributed by atoms with van der Waals surface area (Å²) in [5, 5.41) is 5.03. The number of nitrogens with zero attached hydrogens (tertiary/aromatic N) is 1. The van der Waals surface area contributed by atoms with E-state index in [-0.39, 0.29) is 0 Å². The van der Waals surface area contributed by atoms with E-state index in [1.807, 2.05) is 11.3 Å². The van der Waals surface area contributed by atoms with Crippen molar-refractivity contribution in [2.45, 2.75) is 0 Å². The Morgan fingerprint density at radius 1 is 0.373 bits per heavy atom. The van der Waals surface area contributed by atoms with Gasteiger partial charge in [0.15, 0.2) is 0 Å². The number of thiophene rings is 1. The minimum Gasteiger partial charge on any atom is -0.354 e. The minimum atomic E-state index is 1.10. The Balaban J connectivity index is 1.23. The Morgan fingerprint density at radius 2 is 0.922 bits per heavy atom. The highest BCUT2D eigenvalue weighted by Gasteiger charge is 2.20. The lowest BCUT2D eigenvalue weighted by Gasteiger charge is -2.27. The molecule has 10 rings (SSSR count). The van der Waals surface area contributed by atoms with Crippen molar-refractivity contribution < 1.29 is 0 Å². The summed E-state index contributed by atoms with van der Waals surface area (Å²) in [6.45, 7) is 0. The molecule has 2 nitrogen and oxygen atoms in total. The lowest BCUT2D eigenvalue weighted by Crippen LogP contribution is -2.10. The van der Waals surface area contributed by atoms with Crippen LogP contribution in [0.2, 0.25) is 0 Å². The Morgan fingerprint density at radius 3 is 1.59 bits per heavy atom. The van der Waals surface area contributed by atoms with E-state index in [0.717, 1.165) is 28.1 Å². The summed E-state index contributed by atoms with van der Waals surface area (Å²) in [6.07, 6.45) is 0. The SMILES string of the molecule is c1ccc(-c2ccc(N(c3ccc(-c4ccccc4)cc3)c3cc(-c4cccc5sc6ccccc6c45)c4[nH]c5ccccc5c4c3)cc2)cc1. The molecule has 0 radical (unpaired) electrons. The van der Waals surface area contributed by atoms with Crippen molar-refractivity contribution in [1.29, 1.82) is 0 Å². The Hall–Kier alpha value is -6.42. The number of anilines is 3. The van der Waals surface area contributed by atoms with Crippen molar-refractivity contribution in [1.82, 2.24) is 4.98 Å². The molecule has 0 fully saturated rings. The van der Waals surface area contributed by atoms with Gasteiger partial charge in [0.1, 0.15) is 0 Å². The van der Waals surface area contributed by atoms with E-state index >= 15 is 0 Å². The van der Waals surface area contributed by atoms with Gasteiger partial charge in [-0.25, -0.2) is 0 Å². The summed E-state index contributed by atoms with van der Waals surface area (Å²) in [7, 11) is 0. The fourth-order valence-corrected chi connectivity index (χ4v) is 8.72. The number of benzene rings is 8. The van der Waals surface area contributed by atoms with Gasteiger partial charge in [0.25, 0.3) is 0 Å². The number of rotatable bonds is 6. The maximum absolute atomic E-state index is 3.83. The van der Waals surface area contributed by atoms with E-state index in [9.17, 15) is 0 Å². The first kappa shape index (κ1) is 29.5. The second-order valence-electron chi connectivity index (χ2n) is 13.0. The van der Waals surface area contributed by atoms with Crippen molar-refractivity contribution >= 4 is 70.4 Å². The second kappa shape index (κ2) is 12.2. The molecule has 2 heterocycles. The first-order valence-electron chi connectivity index (χ1n) is 17.3.